The van der Waals surface area contributed by atoms with E-state index in [4.69, 9.17) is 0 Å². The number of nitrogens with zero attached hydrogens (tertiary/aromatic N) is 2. The highest BCUT2D eigenvalue weighted by Gasteiger charge is 2.11. The van der Waals surface area contributed by atoms with Crippen molar-refractivity contribution >= 4 is 11.3 Å². The molecule has 0 spiro atoms. The summed E-state index contributed by atoms with van der Waals surface area (Å²) < 4.78 is 28.5. The van der Waals surface area contributed by atoms with Gasteiger partial charge in [0, 0.05) is 23.2 Å². The lowest BCUT2D eigenvalue weighted by Crippen LogP contribution is -2.19. The van der Waals surface area contributed by atoms with Crippen molar-refractivity contribution in [1.29, 1.82) is 0 Å². The van der Waals surface area contributed by atoms with Crippen LogP contribution in [-0.4, -0.2) is 9.55 Å². The van der Waals surface area contributed by atoms with Crippen LogP contribution in [0.4, 0.5) is 8.78 Å². The summed E-state index contributed by atoms with van der Waals surface area (Å²) in [6.07, 6.45) is 1.70. The van der Waals surface area contributed by atoms with Crippen LogP contribution in [0.5, 0.6) is 0 Å². The molecule has 0 saturated heterocycles. The first kappa shape index (κ1) is 14.6. The molecule has 2 heterocycles. The van der Waals surface area contributed by atoms with Crippen LogP contribution in [0.1, 0.15) is 10.6 Å². The summed E-state index contributed by atoms with van der Waals surface area (Å²) in [4.78, 5) is 16.1. The number of aromatic nitrogens is 2. The molecular formula is C16H12F2N2OS. The number of benzene rings is 1. The number of pyridine rings is 1. The molecule has 0 saturated carbocycles. The van der Waals surface area contributed by atoms with Gasteiger partial charge < -0.3 is 4.57 Å². The Kier molecular flexibility index (Phi) is 3.85. The summed E-state index contributed by atoms with van der Waals surface area (Å²) in [5.41, 5.74) is 1.27. The van der Waals surface area contributed by atoms with Gasteiger partial charge in [0.15, 0.2) is 0 Å². The Bertz CT molecular complexity index is 886. The van der Waals surface area contributed by atoms with E-state index in [2.05, 4.69) is 4.98 Å². The Labute approximate surface area is 129 Å². The third-order valence-electron chi connectivity index (χ3n) is 3.21. The molecule has 6 heteroatoms. The van der Waals surface area contributed by atoms with E-state index in [0.29, 0.717) is 17.2 Å². The first-order valence-electron chi connectivity index (χ1n) is 6.60. The Hall–Kier alpha value is -2.34. The minimum absolute atomic E-state index is 0.117. The molecule has 112 valence electrons. The molecule has 22 heavy (non-hydrogen) atoms. The lowest BCUT2D eigenvalue weighted by atomic mass is 10.1. The number of halogens is 2. The fourth-order valence-electron chi connectivity index (χ4n) is 2.08. The van der Waals surface area contributed by atoms with Crippen LogP contribution >= 0.6 is 11.3 Å². The van der Waals surface area contributed by atoms with Gasteiger partial charge in [-0.1, -0.05) is 0 Å². The predicted octanol–water partition coefficient (Wildman–Crippen LogP) is 3.61. The van der Waals surface area contributed by atoms with E-state index in [-0.39, 0.29) is 11.1 Å². The molecule has 0 amide bonds. The Morgan fingerprint density at radius 3 is 2.82 bits per heavy atom. The molecular weight excluding hydrogens is 306 g/mol. The third kappa shape index (κ3) is 2.96. The van der Waals surface area contributed by atoms with Gasteiger partial charge in [-0.15, -0.1) is 11.3 Å². The van der Waals surface area contributed by atoms with E-state index in [1.54, 1.807) is 17.6 Å². The maximum absolute atomic E-state index is 13.7. The molecule has 0 unspecified atom stereocenters. The molecule has 3 aromatic rings. The zero-order valence-corrected chi connectivity index (χ0v) is 12.5. The molecule has 0 fully saturated rings. The zero-order chi connectivity index (χ0) is 15.7. The average molecular weight is 318 g/mol. The van der Waals surface area contributed by atoms with Crippen LogP contribution in [0.25, 0.3) is 11.3 Å². The van der Waals surface area contributed by atoms with E-state index < -0.39 is 11.6 Å². The number of thiazole rings is 1. The van der Waals surface area contributed by atoms with Crippen LogP contribution in [-0.2, 0) is 6.54 Å². The Balaban J connectivity index is 1.91. The van der Waals surface area contributed by atoms with E-state index in [1.807, 2.05) is 13.0 Å². The normalized spacial score (nSPS) is 10.9. The van der Waals surface area contributed by atoms with Gasteiger partial charge in [0.2, 0.25) is 0 Å². The topological polar surface area (TPSA) is 34.9 Å². The van der Waals surface area contributed by atoms with E-state index in [9.17, 15) is 13.6 Å². The molecule has 0 aliphatic carbocycles. The highest BCUT2D eigenvalue weighted by atomic mass is 32.1. The van der Waals surface area contributed by atoms with Crippen molar-refractivity contribution in [3.8, 4) is 11.3 Å². The quantitative estimate of drug-likeness (QED) is 0.739. The summed E-state index contributed by atoms with van der Waals surface area (Å²) in [5, 5.41) is 2.32. The summed E-state index contributed by atoms with van der Waals surface area (Å²) in [5.74, 6) is -1.04. The second-order valence-corrected chi connectivity index (χ2v) is 5.86. The van der Waals surface area contributed by atoms with Gasteiger partial charge in [-0.05, 0) is 36.8 Å². The number of aryl methyl sites for hydroxylation is 1. The largest absolute Gasteiger partial charge is 0.309 e. The maximum Gasteiger partial charge on any atom is 0.251 e. The molecule has 0 bridgehead atoms. The molecule has 0 aliphatic rings. The fourth-order valence-corrected chi connectivity index (χ4v) is 2.88. The summed E-state index contributed by atoms with van der Waals surface area (Å²) in [6, 6.07) is 6.64. The minimum Gasteiger partial charge on any atom is -0.309 e. The van der Waals surface area contributed by atoms with Crippen molar-refractivity contribution < 1.29 is 8.78 Å². The monoisotopic (exact) mass is 318 g/mol. The fraction of sp³-hybridized carbons (Fsp3) is 0.125. The maximum atomic E-state index is 13.7. The van der Waals surface area contributed by atoms with Crippen LogP contribution < -0.4 is 5.56 Å². The van der Waals surface area contributed by atoms with Crippen molar-refractivity contribution in [2.24, 2.45) is 0 Å². The second-order valence-electron chi connectivity index (χ2n) is 4.92. The molecule has 3 rings (SSSR count). The van der Waals surface area contributed by atoms with E-state index >= 15 is 0 Å². The van der Waals surface area contributed by atoms with Crippen LogP contribution in [0.3, 0.4) is 0 Å². The molecule has 0 aliphatic heterocycles. The predicted molar refractivity (Wildman–Crippen MR) is 82.0 cm³/mol. The van der Waals surface area contributed by atoms with Crippen molar-refractivity contribution in [1.82, 2.24) is 9.55 Å². The lowest BCUT2D eigenvalue weighted by Gasteiger charge is -2.03. The summed E-state index contributed by atoms with van der Waals surface area (Å²) in [7, 11) is 0. The number of hydrogen-bond donors (Lipinski definition) is 0. The molecule has 0 N–H and O–H groups in total. The summed E-state index contributed by atoms with van der Waals surface area (Å²) in [6.45, 7) is 2.15. The molecule has 1 aromatic carbocycles. The van der Waals surface area contributed by atoms with Crippen LogP contribution in [0.2, 0.25) is 0 Å². The van der Waals surface area contributed by atoms with Crippen molar-refractivity contribution in [3.63, 3.8) is 0 Å². The van der Waals surface area contributed by atoms with Crippen molar-refractivity contribution in [2.45, 2.75) is 13.5 Å². The summed E-state index contributed by atoms with van der Waals surface area (Å²) >= 11 is 1.31. The van der Waals surface area contributed by atoms with E-state index in [0.717, 1.165) is 23.8 Å². The molecule has 0 radical (unpaired) electrons. The standard InChI is InChI=1S/C16H12F2N2OS/c1-10-4-5-20(16(21)6-10)8-15-19-14(9-22-15)12-7-11(17)2-3-13(12)18/h2-7,9H,8H2,1H3. The van der Waals surface area contributed by atoms with Gasteiger partial charge >= 0.3 is 0 Å². The third-order valence-corrected chi connectivity index (χ3v) is 4.05. The van der Waals surface area contributed by atoms with Gasteiger partial charge in [0.1, 0.15) is 16.6 Å². The van der Waals surface area contributed by atoms with Crippen molar-refractivity contribution in [3.05, 3.63) is 74.5 Å². The zero-order valence-electron chi connectivity index (χ0n) is 11.7. The first-order valence-corrected chi connectivity index (χ1v) is 7.48. The molecule has 0 atom stereocenters. The Morgan fingerprint density at radius 2 is 2.05 bits per heavy atom. The van der Waals surface area contributed by atoms with Crippen LogP contribution in [0.15, 0.2) is 46.7 Å². The van der Waals surface area contributed by atoms with Crippen LogP contribution in [0, 0.1) is 18.6 Å². The minimum atomic E-state index is -0.522. The van der Waals surface area contributed by atoms with Gasteiger partial charge in [-0.2, -0.15) is 0 Å². The second kappa shape index (κ2) is 5.81. The van der Waals surface area contributed by atoms with Gasteiger partial charge in [0.25, 0.3) is 5.56 Å². The average Bonchev–Trinajstić information content (AvgIpc) is 2.93. The van der Waals surface area contributed by atoms with Gasteiger partial charge in [-0.25, -0.2) is 13.8 Å². The van der Waals surface area contributed by atoms with Gasteiger partial charge in [0.05, 0.1) is 12.2 Å². The highest BCUT2D eigenvalue weighted by Crippen LogP contribution is 2.25. The van der Waals surface area contributed by atoms with Gasteiger partial charge in [-0.3, -0.25) is 4.79 Å². The molecule has 2 aromatic heterocycles. The highest BCUT2D eigenvalue weighted by molar-refractivity contribution is 7.09. The Morgan fingerprint density at radius 1 is 1.23 bits per heavy atom. The smallest absolute Gasteiger partial charge is 0.251 e. The van der Waals surface area contributed by atoms with Crippen molar-refractivity contribution in [2.75, 3.05) is 0 Å². The number of hydrogen-bond acceptors (Lipinski definition) is 3. The lowest BCUT2D eigenvalue weighted by molar-refractivity contribution is 0.602. The van der Waals surface area contributed by atoms with E-state index in [1.165, 1.54) is 15.9 Å². The first-order chi connectivity index (χ1) is 10.5. The molecule has 3 nitrogen and oxygen atoms in total. The SMILES string of the molecule is Cc1ccn(Cc2nc(-c3cc(F)ccc3F)cs2)c(=O)c1. The number of rotatable bonds is 3.